The molecule has 120 valence electrons. The van der Waals surface area contributed by atoms with E-state index in [0.29, 0.717) is 12.6 Å². The van der Waals surface area contributed by atoms with E-state index in [0.717, 1.165) is 31.2 Å². The molecule has 0 spiro atoms. The first-order chi connectivity index (χ1) is 11.3. The minimum absolute atomic E-state index is 0.187. The largest absolute Gasteiger partial charge is 0.445 e. The van der Waals surface area contributed by atoms with Gasteiger partial charge in [-0.15, -0.1) is 0 Å². The van der Waals surface area contributed by atoms with Crippen LogP contribution in [0.1, 0.15) is 37.3 Å². The van der Waals surface area contributed by atoms with E-state index in [2.05, 4.69) is 10.2 Å². The van der Waals surface area contributed by atoms with Gasteiger partial charge >= 0.3 is 6.09 Å². The molecular formula is C17H20N4O2. The van der Waals surface area contributed by atoms with Crippen molar-refractivity contribution in [2.75, 3.05) is 0 Å². The summed E-state index contributed by atoms with van der Waals surface area (Å²) < 4.78 is 5.52. The molecule has 0 saturated carbocycles. The van der Waals surface area contributed by atoms with Crippen LogP contribution in [0.3, 0.4) is 0 Å². The SMILES string of the molecule is O=C(OCc1ccccc1)N1C2CCC1CC(n1nccn1)C2. The summed E-state index contributed by atoms with van der Waals surface area (Å²) in [6.45, 7) is 0.333. The molecule has 2 fully saturated rings. The lowest BCUT2D eigenvalue weighted by molar-refractivity contribution is 0.0512. The molecule has 2 saturated heterocycles. The van der Waals surface area contributed by atoms with Crippen molar-refractivity contribution in [3.05, 3.63) is 48.3 Å². The molecule has 2 bridgehead atoms. The monoisotopic (exact) mass is 312 g/mol. The summed E-state index contributed by atoms with van der Waals surface area (Å²) in [6.07, 6.45) is 7.14. The Labute approximate surface area is 135 Å². The van der Waals surface area contributed by atoms with E-state index in [9.17, 15) is 4.79 Å². The van der Waals surface area contributed by atoms with E-state index in [1.807, 2.05) is 35.2 Å². The van der Waals surface area contributed by atoms with Crippen LogP contribution in [0, 0.1) is 0 Å². The predicted octanol–water partition coefficient (Wildman–Crippen LogP) is 2.78. The molecule has 0 radical (unpaired) electrons. The van der Waals surface area contributed by atoms with E-state index in [4.69, 9.17) is 4.74 Å². The summed E-state index contributed by atoms with van der Waals surface area (Å²) in [7, 11) is 0. The second-order valence-corrected chi connectivity index (χ2v) is 6.31. The molecule has 2 unspecified atom stereocenters. The highest BCUT2D eigenvalue weighted by atomic mass is 16.6. The number of piperidine rings is 1. The van der Waals surface area contributed by atoms with Crippen molar-refractivity contribution < 1.29 is 9.53 Å². The zero-order chi connectivity index (χ0) is 15.6. The fourth-order valence-electron chi connectivity index (χ4n) is 3.84. The molecule has 2 aliphatic rings. The van der Waals surface area contributed by atoms with Gasteiger partial charge in [0.1, 0.15) is 6.61 Å². The Hall–Kier alpha value is -2.37. The van der Waals surface area contributed by atoms with Crippen LogP contribution in [0.2, 0.25) is 0 Å². The highest BCUT2D eigenvalue weighted by Gasteiger charge is 2.45. The second kappa shape index (κ2) is 6.02. The van der Waals surface area contributed by atoms with Gasteiger partial charge in [0.05, 0.1) is 18.4 Å². The highest BCUT2D eigenvalue weighted by molar-refractivity contribution is 5.69. The summed E-state index contributed by atoms with van der Waals surface area (Å²) in [6, 6.07) is 10.6. The molecule has 6 heteroatoms. The van der Waals surface area contributed by atoms with Crippen molar-refractivity contribution in [2.45, 2.75) is 50.4 Å². The number of ether oxygens (including phenoxy) is 1. The van der Waals surface area contributed by atoms with Gasteiger partial charge in [-0.2, -0.15) is 15.0 Å². The fourth-order valence-corrected chi connectivity index (χ4v) is 3.84. The maximum Gasteiger partial charge on any atom is 0.410 e. The number of nitrogens with zero attached hydrogens (tertiary/aromatic N) is 4. The smallest absolute Gasteiger partial charge is 0.410 e. The molecule has 0 aliphatic carbocycles. The lowest BCUT2D eigenvalue weighted by Crippen LogP contribution is -2.47. The lowest BCUT2D eigenvalue weighted by Gasteiger charge is -2.37. The van der Waals surface area contributed by atoms with Crippen LogP contribution in [0.4, 0.5) is 4.79 Å². The van der Waals surface area contributed by atoms with Gasteiger partial charge in [0.2, 0.25) is 0 Å². The molecule has 2 aliphatic heterocycles. The quantitative estimate of drug-likeness (QED) is 0.874. The summed E-state index contributed by atoms with van der Waals surface area (Å²) in [5.74, 6) is 0. The molecule has 4 rings (SSSR count). The van der Waals surface area contributed by atoms with Crippen LogP contribution >= 0.6 is 0 Å². The van der Waals surface area contributed by atoms with Crippen molar-refractivity contribution in [3.63, 3.8) is 0 Å². The topological polar surface area (TPSA) is 60.2 Å². The Morgan fingerprint density at radius 2 is 1.70 bits per heavy atom. The summed E-state index contributed by atoms with van der Waals surface area (Å²) in [5, 5.41) is 8.51. The Kier molecular flexibility index (Phi) is 3.73. The molecule has 1 aromatic carbocycles. The van der Waals surface area contributed by atoms with Gasteiger partial charge in [0.25, 0.3) is 0 Å². The fraction of sp³-hybridized carbons (Fsp3) is 0.471. The number of carbonyl (C=O) groups excluding carboxylic acids is 1. The minimum atomic E-state index is -0.187. The molecule has 6 nitrogen and oxygen atoms in total. The number of fused-ring (bicyclic) bond motifs is 2. The third-order valence-electron chi connectivity index (χ3n) is 4.89. The first kappa shape index (κ1) is 14.2. The maximum absolute atomic E-state index is 12.5. The standard InChI is InChI=1S/C17H20N4O2/c22-17(23-12-13-4-2-1-3-5-13)20-14-6-7-15(20)11-16(10-14)21-18-8-9-19-21/h1-5,8-9,14-16H,6-7,10-12H2. The zero-order valence-electron chi connectivity index (χ0n) is 12.9. The summed E-state index contributed by atoms with van der Waals surface area (Å²) in [5.41, 5.74) is 1.02. The van der Waals surface area contributed by atoms with Gasteiger partial charge in [-0.3, -0.25) is 0 Å². The Bertz CT molecular complexity index is 644. The number of hydrogen-bond donors (Lipinski definition) is 0. The normalized spacial score (nSPS) is 26.3. The van der Waals surface area contributed by atoms with Crippen molar-refractivity contribution in [2.24, 2.45) is 0 Å². The molecule has 1 amide bonds. The van der Waals surface area contributed by atoms with Crippen LogP contribution in [-0.2, 0) is 11.3 Å². The maximum atomic E-state index is 12.5. The molecule has 2 aromatic rings. The van der Waals surface area contributed by atoms with E-state index in [1.54, 1.807) is 17.2 Å². The van der Waals surface area contributed by atoms with Crippen molar-refractivity contribution >= 4 is 6.09 Å². The Morgan fingerprint density at radius 1 is 1.04 bits per heavy atom. The number of rotatable bonds is 3. The van der Waals surface area contributed by atoms with Gasteiger partial charge in [-0.1, -0.05) is 30.3 Å². The molecule has 23 heavy (non-hydrogen) atoms. The number of aromatic nitrogens is 3. The Morgan fingerprint density at radius 3 is 2.35 bits per heavy atom. The first-order valence-corrected chi connectivity index (χ1v) is 8.16. The van der Waals surface area contributed by atoms with Crippen LogP contribution in [0.25, 0.3) is 0 Å². The molecule has 3 heterocycles. The van der Waals surface area contributed by atoms with E-state index < -0.39 is 0 Å². The number of benzene rings is 1. The van der Waals surface area contributed by atoms with Gasteiger partial charge in [0.15, 0.2) is 0 Å². The Balaban J connectivity index is 1.39. The minimum Gasteiger partial charge on any atom is -0.445 e. The summed E-state index contributed by atoms with van der Waals surface area (Å²) >= 11 is 0. The number of amides is 1. The third kappa shape index (κ3) is 2.81. The van der Waals surface area contributed by atoms with Gasteiger partial charge in [-0.05, 0) is 31.2 Å². The molecule has 2 atom stereocenters. The lowest BCUT2D eigenvalue weighted by atomic mass is 9.98. The average Bonchev–Trinajstić information content (AvgIpc) is 3.20. The van der Waals surface area contributed by atoms with Gasteiger partial charge in [-0.25, -0.2) is 4.79 Å². The van der Waals surface area contributed by atoms with E-state index in [1.165, 1.54) is 0 Å². The van der Waals surface area contributed by atoms with E-state index >= 15 is 0 Å². The van der Waals surface area contributed by atoms with Crippen LogP contribution < -0.4 is 0 Å². The second-order valence-electron chi connectivity index (χ2n) is 6.31. The van der Waals surface area contributed by atoms with Crippen molar-refractivity contribution in [1.29, 1.82) is 0 Å². The van der Waals surface area contributed by atoms with E-state index in [-0.39, 0.29) is 18.2 Å². The van der Waals surface area contributed by atoms with Gasteiger partial charge < -0.3 is 9.64 Å². The van der Waals surface area contributed by atoms with Crippen LogP contribution in [-0.4, -0.2) is 38.1 Å². The molecule has 1 aromatic heterocycles. The van der Waals surface area contributed by atoms with Crippen LogP contribution in [0.15, 0.2) is 42.7 Å². The summed E-state index contributed by atoms with van der Waals surface area (Å²) in [4.78, 5) is 16.2. The highest BCUT2D eigenvalue weighted by Crippen LogP contribution is 2.40. The first-order valence-electron chi connectivity index (χ1n) is 8.16. The van der Waals surface area contributed by atoms with Crippen molar-refractivity contribution in [3.8, 4) is 0 Å². The van der Waals surface area contributed by atoms with Crippen molar-refractivity contribution in [1.82, 2.24) is 19.9 Å². The van der Waals surface area contributed by atoms with Crippen LogP contribution in [0.5, 0.6) is 0 Å². The molecular weight excluding hydrogens is 292 g/mol. The van der Waals surface area contributed by atoms with Gasteiger partial charge in [0, 0.05) is 12.1 Å². The molecule has 0 N–H and O–H groups in total. The number of hydrogen-bond acceptors (Lipinski definition) is 4. The number of carbonyl (C=O) groups is 1. The average molecular weight is 312 g/mol. The predicted molar refractivity (Wildman–Crippen MR) is 83.6 cm³/mol. The zero-order valence-corrected chi connectivity index (χ0v) is 12.9. The third-order valence-corrected chi connectivity index (χ3v) is 4.89.